The van der Waals surface area contributed by atoms with E-state index in [1.54, 1.807) is 11.8 Å². The lowest BCUT2D eigenvalue weighted by atomic mass is 10.0. The van der Waals surface area contributed by atoms with Crippen molar-refractivity contribution in [1.29, 1.82) is 0 Å². The molecule has 7 heteroatoms. The fourth-order valence-electron chi connectivity index (χ4n) is 4.80. The molecule has 2 aliphatic heterocycles. The van der Waals surface area contributed by atoms with Gasteiger partial charge in [-0.1, -0.05) is 72.4 Å². The lowest BCUT2D eigenvalue weighted by Gasteiger charge is -2.28. The molecule has 3 aliphatic rings. The summed E-state index contributed by atoms with van der Waals surface area (Å²) in [7, 11) is 0. The first kappa shape index (κ1) is 25.6. The van der Waals surface area contributed by atoms with E-state index < -0.39 is 0 Å². The van der Waals surface area contributed by atoms with E-state index in [0.29, 0.717) is 0 Å². The van der Waals surface area contributed by atoms with Crippen LogP contribution in [-0.4, -0.2) is 17.4 Å². The fourth-order valence-corrected chi connectivity index (χ4v) is 5.28. The number of amidine groups is 1. The van der Waals surface area contributed by atoms with Gasteiger partial charge in [-0.3, -0.25) is 4.99 Å². The van der Waals surface area contributed by atoms with Gasteiger partial charge in [-0.15, -0.1) is 24.0 Å². The van der Waals surface area contributed by atoms with Crippen LogP contribution >= 0.6 is 35.7 Å². The van der Waals surface area contributed by atoms with Gasteiger partial charge in [0.05, 0.1) is 18.1 Å². The molecule has 0 spiro atoms. The van der Waals surface area contributed by atoms with E-state index in [4.69, 9.17) is 4.99 Å². The van der Waals surface area contributed by atoms with Crippen molar-refractivity contribution in [1.82, 2.24) is 5.32 Å². The molecule has 3 atom stereocenters. The summed E-state index contributed by atoms with van der Waals surface area (Å²) in [6, 6.07) is 26.2. The van der Waals surface area contributed by atoms with Gasteiger partial charge in [0.1, 0.15) is 0 Å². The monoisotopic (exact) mass is 597 g/mol. The van der Waals surface area contributed by atoms with E-state index in [0.717, 1.165) is 29.7 Å². The second-order valence-electron chi connectivity index (χ2n) is 8.84. The molecule has 0 bridgehead atoms. The Bertz CT molecular complexity index is 1240. The van der Waals surface area contributed by atoms with Crippen LogP contribution < -0.4 is 16.0 Å². The third kappa shape index (κ3) is 5.67. The zero-order valence-corrected chi connectivity index (χ0v) is 23.4. The van der Waals surface area contributed by atoms with Crippen LogP contribution in [0.4, 0.5) is 11.4 Å². The molecule has 0 saturated carbocycles. The third-order valence-corrected chi connectivity index (χ3v) is 7.17. The molecule has 35 heavy (non-hydrogen) atoms. The molecule has 6 rings (SSSR count). The number of rotatable bonds is 1. The first-order valence-electron chi connectivity index (χ1n) is 11.9. The van der Waals surface area contributed by atoms with Crippen LogP contribution in [0, 0.1) is 0 Å². The van der Waals surface area contributed by atoms with E-state index in [1.165, 1.54) is 27.9 Å². The maximum Gasteiger partial charge on any atom is 0.196 e. The second-order valence-corrected chi connectivity index (χ2v) is 9.63. The summed E-state index contributed by atoms with van der Waals surface area (Å²) in [5, 5.41) is 11.2. The fraction of sp³-hybridized carbons (Fsp3) is 0.286. The van der Waals surface area contributed by atoms with Gasteiger partial charge >= 0.3 is 0 Å². The molecule has 0 aromatic heterocycles. The van der Waals surface area contributed by atoms with Crippen LogP contribution in [0.2, 0.25) is 0 Å². The van der Waals surface area contributed by atoms with Gasteiger partial charge in [0, 0.05) is 11.4 Å². The maximum absolute atomic E-state index is 4.92. The molecule has 182 valence electrons. The number of halogens is 1. The summed E-state index contributed by atoms with van der Waals surface area (Å²) >= 11 is 1.65. The van der Waals surface area contributed by atoms with Crippen LogP contribution in [0.15, 0.2) is 82.8 Å². The van der Waals surface area contributed by atoms with Crippen molar-refractivity contribution in [2.45, 2.75) is 44.8 Å². The Kier molecular flexibility index (Phi) is 8.38. The summed E-state index contributed by atoms with van der Waals surface area (Å²) in [4.78, 5) is 9.43. The zero-order valence-electron chi connectivity index (χ0n) is 20.3. The molecule has 0 saturated heterocycles. The lowest BCUT2D eigenvalue weighted by molar-refractivity contribution is 0.670. The number of thioether (sulfide) groups is 1. The lowest BCUT2D eigenvalue weighted by Crippen LogP contribution is -2.38. The highest BCUT2D eigenvalue weighted by atomic mass is 127. The molecule has 5 nitrogen and oxygen atoms in total. The van der Waals surface area contributed by atoms with Crippen molar-refractivity contribution in [2.75, 3.05) is 16.9 Å². The van der Waals surface area contributed by atoms with Gasteiger partial charge in [0.2, 0.25) is 0 Å². The highest BCUT2D eigenvalue weighted by Gasteiger charge is 2.24. The standard InChI is InChI=1S/C18H19N3.C10H12N2S.HI/c1-12-14-7-4-5-9-16(14)20-18(19-12)21-17-11-10-13-6-2-3-8-15(13)17;1-7-8-5-3-4-6-9(8)12-10(11-7)13-2;/h2-9,12,17H,10-11H2,1H3,(H2,19,20,21);3-7H,1-2H3,(H,11,12);1H. The first-order chi connectivity index (χ1) is 16.6. The van der Waals surface area contributed by atoms with Crippen molar-refractivity contribution in [3.63, 3.8) is 0 Å². The number of nitrogens with one attached hydrogen (secondary N) is 3. The van der Waals surface area contributed by atoms with Gasteiger partial charge < -0.3 is 16.0 Å². The Balaban J connectivity index is 0.000000179. The smallest absolute Gasteiger partial charge is 0.196 e. The van der Waals surface area contributed by atoms with E-state index in [9.17, 15) is 0 Å². The number of hydrogen-bond acceptors (Lipinski definition) is 4. The van der Waals surface area contributed by atoms with Gasteiger partial charge in [0.15, 0.2) is 11.1 Å². The summed E-state index contributed by atoms with van der Waals surface area (Å²) in [5.41, 5.74) is 7.74. The van der Waals surface area contributed by atoms with E-state index in [-0.39, 0.29) is 42.1 Å². The van der Waals surface area contributed by atoms with E-state index >= 15 is 0 Å². The third-order valence-electron chi connectivity index (χ3n) is 6.58. The van der Waals surface area contributed by atoms with Crippen LogP contribution in [0.5, 0.6) is 0 Å². The average Bonchev–Trinajstić information content (AvgIpc) is 3.27. The number of nitrogens with zero attached hydrogens (tertiary/aromatic N) is 2. The van der Waals surface area contributed by atoms with Crippen molar-refractivity contribution in [2.24, 2.45) is 9.98 Å². The van der Waals surface area contributed by atoms with Crippen molar-refractivity contribution in [3.8, 4) is 0 Å². The number of guanidine groups is 1. The molecule has 0 radical (unpaired) electrons. The Morgan fingerprint density at radius 3 is 2.20 bits per heavy atom. The molecule has 3 aromatic carbocycles. The Morgan fingerprint density at radius 1 is 0.829 bits per heavy atom. The van der Waals surface area contributed by atoms with Crippen LogP contribution in [0.3, 0.4) is 0 Å². The minimum absolute atomic E-state index is 0. The molecule has 0 amide bonds. The molecular formula is C28H32IN5S. The van der Waals surface area contributed by atoms with Gasteiger partial charge in [-0.2, -0.15) is 0 Å². The molecule has 0 fully saturated rings. The maximum atomic E-state index is 4.92. The van der Waals surface area contributed by atoms with Crippen LogP contribution in [-0.2, 0) is 6.42 Å². The number of hydrogen-bond donors (Lipinski definition) is 3. The Hall–Kier alpha value is -2.52. The summed E-state index contributed by atoms with van der Waals surface area (Å²) in [5.74, 6) is 0.892. The molecule has 2 heterocycles. The number of benzene rings is 3. The second kappa shape index (κ2) is 11.5. The molecular weight excluding hydrogens is 565 g/mol. The molecule has 3 aromatic rings. The normalized spacial score (nSPS) is 22.4. The minimum atomic E-state index is 0. The number of aliphatic imine (C=N–C) groups is 2. The minimum Gasteiger partial charge on any atom is -0.349 e. The Morgan fingerprint density at radius 2 is 1.46 bits per heavy atom. The molecule has 3 unspecified atom stereocenters. The highest BCUT2D eigenvalue weighted by molar-refractivity contribution is 14.0. The van der Waals surface area contributed by atoms with E-state index in [2.05, 4.69) is 102 Å². The predicted octanol–water partition coefficient (Wildman–Crippen LogP) is 7.32. The first-order valence-corrected chi connectivity index (χ1v) is 13.1. The van der Waals surface area contributed by atoms with Crippen molar-refractivity contribution >= 4 is 58.2 Å². The summed E-state index contributed by atoms with van der Waals surface area (Å²) in [6.07, 6.45) is 4.26. The number of fused-ring (bicyclic) bond motifs is 3. The summed E-state index contributed by atoms with van der Waals surface area (Å²) < 4.78 is 0. The van der Waals surface area contributed by atoms with Crippen LogP contribution in [0.25, 0.3) is 0 Å². The molecule has 1 aliphatic carbocycles. The number of para-hydroxylation sites is 2. The van der Waals surface area contributed by atoms with E-state index in [1.807, 2.05) is 12.3 Å². The molecule has 3 N–H and O–H groups in total. The number of anilines is 2. The summed E-state index contributed by atoms with van der Waals surface area (Å²) in [6.45, 7) is 4.30. The number of aryl methyl sites for hydroxylation is 1. The van der Waals surface area contributed by atoms with Gasteiger partial charge in [-0.25, -0.2) is 4.99 Å². The van der Waals surface area contributed by atoms with Gasteiger partial charge in [-0.05, 0) is 67.3 Å². The van der Waals surface area contributed by atoms with Crippen molar-refractivity contribution < 1.29 is 0 Å². The topological polar surface area (TPSA) is 60.8 Å². The predicted molar refractivity (Wildman–Crippen MR) is 161 cm³/mol. The Labute approximate surface area is 229 Å². The van der Waals surface area contributed by atoms with Gasteiger partial charge in [0.25, 0.3) is 0 Å². The zero-order chi connectivity index (χ0) is 23.5. The SMILES string of the molecule is CC1NC(=NC2CCc3ccccc32)Nc2ccccc21.CSC1=NC(C)c2ccccc2N1.I. The average molecular weight is 598 g/mol. The largest absolute Gasteiger partial charge is 0.349 e. The van der Waals surface area contributed by atoms with Crippen LogP contribution in [0.1, 0.15) is 60.6 Å². The van der Waals surface area contributed by atoms with Crippen molar-refractivity contribution in [3.05, 3.63) is 95.1 Å². The highest BCUT2D eigenvalue weighted by Crippen LogP contribution is 2.35. The quantitative estimate of drug-likeness (QED) is 0.258.